The molecule has 4 nitrogen and oxygen atoms in total. The molecule has 0 radical (unpaired) electrons. The zero-order chi connectivity index (χ0) is 13.9. The number of hydrogen-bond acceptors (Lipinski definition) is 4. The highest BCUT2D eigenvalue weighted by Crippen LogP contribution is 2.21. The summed E-state index contributed by atoms with van der Waals surface area (Å²) in [6.45, 7) is 6.78. The molecule has 0 unspecified atom stereocenters. The first-order valence-corrected chi connectivity index (χ1v) is 6.05. The molecule has 102 valence electrons. The van der Waals surface area contributed by atoms with Gasteiger partial charge in [0.25, 0.3) is 0 Å². The van der Waals surface area contributed by atoms with Crippen LogP contribution in [0.2, 0.25) is 0 Å². The van der Waals surface area contributed by atoms with E-state index in [0.717, 1.165) is 5.69 Å². The zero-order valence-electron chi connectivity index (χ0n) is 11.2. The Balaban J connectivity index is 1.97. The fraction of sp³-hybridized carbons (Fsp3) is 0.357. The number of nitrogens with zero attached hydrogens (tertiary/aromatic N) is 1. The van der Waals surface area contributed by atoms with Gasteiger partial charge >= 0.3 is 6.08 Å². The molecule has 0 amide bonds. The van der Waals surface area contributed by atoms with E-state index in [1.54, 1.807) is 12.1 Å². The molecule has 0 aliphatic heterocycles. The van der Waals surface area contributed by atoms with E-state index in [0.29, 0.717) is 12.3 Å². The summed E-state index contributed by atoms with van der Waals surface area (Å²) in [5.41, 5.74) is 0.740. The van der Waals surface area contributed by atoms with Crippen molar-refractivity contribution in [2.75, 3.05) is 0 Å². The van der Waals surface area contributed by atoms with Crippen LogP contribution < -0.4 is 10.1 Å². The first kappa shape index (κ1) is 13.5. The van der Waals surface area contributed by atoms with E-state index in [2.05, 4.69) is 31.1 Å². The molecule has 2 aromatic rings. The third-order valence-electron chi connectivity index (χ3n) is 2.33. The largest absolute Gasteiger partial charge is 0.417 e. The monoisotopic (exact) mass is 264 g/mol. The lowest BCUT2D eigenvalue weighted by Crippen LogP contribution is -2.35. The van der Waals surface area contributed by atoms with Crippen molar-refractivity contribution in [3.63, 3.8) is 0 Å². The van der Waals surface area contributed by atoms with Crippen LogP contribution in [0.15, 0.2) is 34.9 Å². The molecule has 0 saturated carbocycles. The number of ether oxygens (including phenoxy) is 1. The molecule has 0 saturated heterocycles. The fourth-order valence-electron chi connectivity index (χ4n) is 1.40. The Morgan fingerprint density at radius 3 is 2.84 bits per heavy atom. The summed E-state index contributed by atoms with van der Waals surface area (Å²) >= 11 is 0. The van der Waals surface area contributed by atoms with Gasteiger partial charge in [0.1, 0.15) is 17.8 Å². The van der Waals surface area contributed by atoms with E-state index in [4.69, 9.17) is 9.15 Å². The van der Waals surface area contributed by atoms with Crippen molar-refractivity contribution in [1.29, 1.82) is 0 Å². The Morgan fingerprint density at radius 2 is 2.16 bits per heavy atom. The van der Waals surface area contributed by atoms with Gasteiger partial charge in [-0.15, -0.1) is 0 Å². The Bertz CT molecular complexity index is 546. The SMILES string of the molecule is CC(C)(C)NCc1coc(Oc2cccc(F)c2)n1. The predicted octanol–water partition coefficient (Wildman–Crippen LogP) is 3.49. The number of nitrogens with one attached hydrogen (secondary N) is 1. The van der Waals surface area contributed by atoms with E-state index < -0.39 is 0 Å². The van der Waals surface area contributed by atoms with Crippen LogP contribution in [0, 0.1) is 5.82 Å². The van der Waals surface area contributed by atoms with Crippen LogP contribution in [0.1, 0.15) is 26.5 Å². The molecule has 0 aliphatic carbocycles. The molecule has 1 heterocycles. The highest BCUT2D eigenvalue weighted by molar-refractivity contribution is 5.24. The van der Waals surface area contributed by atoms with E-state index in [1.165, 1.54) is 18.4 Å². The summed E-state index contributed by atoms with van der Waals surface area (Å²) in [5, 5.41) is 3.29. The zero-order valence-corrected chi connectivity index (χ0v) is 11.2. The molecule has 0 fully saturated rings. The van der Waals surface area contributed by atoms with Crippen molar-refractivity contribution in [2.24, 2.45) is 0 Å². The second-order valence-corrected chi connectivity index (χ2v) is 5.27. The van der Waals surface area contributed by atoms with Crippen LogP contribution in [0.3, 0.4) is 0 Å². The number of halogens is 1. The highest BCUT2D eigenvalue weighted by Gasteiger charge is 2.11. The van der Waals surface area contributed by atoms with Gasteiger partial charge in [0, 0.05) is 18.2 Å². The fourth-order valence-corrected chi connectivity index (χ4v) is 1.40. The highest BCUT2D eigenvalue weighted by atomic mass is 19.1. The van der Waals surface area contributed by atoms with Crippen LogP contribution in [-0.4, -0.2) is 10.5 Å². The molecule has 19 heavy (non-hydrogen) atoms. The standard InChI is InChI=1S/C14H17FN2O2/c1-14(2,3)16-8-11-9-18-13(17-11)19-12-6-4-5-10(15)7-12/h4-7,9,16H,8H2,1-3H3. The minimum absolute atomic E-state index is 0.00251. The average Bonchev–Trinajstić information content (AvgIpc) is 2.73. The van der Waals surface area contributed by atoms with Crippen molar-refractivity contribution < 1.29 is 13.5 Å². The van der Waals surface area contributed by atoms with E-state index in [1.807, 2.05) is 0 Å². The molecule has 0 spiro atoms. The number of aromatic nitrogens is 1. The molecule has 0 bridgehead atoms. The quantitative estimate of drug-likeness (QED) is 0.918. The second kappa shape index (κ2) is 5.40. The Morgan fingerprint density at radius 1 is 1.37 bits per heavy atom. The molecule has 1 N–H and O–H groups in total. The van der Waals surface area contributed by atoms with Gasteiger partial charge < -0.3 is 14.5 Å². The van der Waals surface area contributed by atoms with Gasteiger partial charge in [-0.3, -0.25) is 0 Å². The van der Waals surface area contributed by atoms with Gasteiger partial charge in [0.05, 0.1) is 5.69 Å². The Hall–Kier alpha value is -1.88. The molecule has 0 atom stereocenters. The summed E-state index contributed by atoms with van der Waals surface area (Å²) < 4.78 is 23.5. The second-order valence-electron chi connectivity index (χ2n) is 5.27. The topological polar surface area (TPSA) is 47.3 Å². The molecular formula is C14H17FN2O2. The normalized spacial score (nSPS) is 11.6. The summed E-state index contributed by atoms with van der Waals surface area (Å²) in [5.74, 6) is -0.00383. The van der Waals surface area contributed by atoms with Crippen LogP contribution in [0.25, 0.3) is 0 Å². The average molecular weight is 264 g/mol. The van der Waals surface area contributed by atoms with E-state index >= 15 is 0 Å². The summed E-state index contributed by atoms with van der Waals surface area (Å²) in [4.78, 5) is 4.16. The first-order chi connectivity index (χ1) is 8.92. The van der Waals surface area contributed by atoms with Gasteiger partial charge in [-0.1, -0.05) is 6.07 Å². The predicted molar refractivity (Wildman–Crippen MR) is 69.6 cm³/mol. The number of hydrogen-bond donors (Lipinski definition) is 1. The molecule has 1 aromatic heterocycles. The molecule has 5 heteroatoms. The van der Waals surface area contributed by atoms with Gasteiger partial charge in [-0.05, 0) is 32.9 Å². The minimum Gasteiger partial charge on any atom is -0.417 e. The van der Waals surface area contributed by atoms with Gasteiger partial charge in [-0.2, -0.15) is 4.98 Å². The van der Waals surface area contributed by atoms with Crippen LogP contribution in [0.4, 0.5) is 4.39 Å². The molecule has 1 aromatic carbocycles. The van der Waals surface area contributed by atoms with E-state index in [9.17, 15) is 4.39 Å². The Labute approximate surface area is 111 Å². The van der Waals surface area contributed by atoms with Crippen molar-refractivity contribution in [2.45, 2.75) is 32.9 Å². The van der Waals surface area contributed by atoms with Crippen molar-refractivity contribution in [3.05, 3.63) is 42.0 Å². The minimum atomic E-state index is -0.362. The third-order valence-corrected chi connectivity index (χ3v) is 2.33. The smallest absolute Gasteiger partial charge is 0.399 e. The van der Waals surface area contributed by atoms with Gasteiger partial charge in [-0.25, -0.2) is 4.39 Å². The number of benzene rings is 1. The van der Waals surface area contributed by atoms with Crippen molar-refractivity contribution >= 4 is 0 Å². The number of rotatable bonds is 4. The maximum Gasteiger partial charge on any atom is 0.399 e. The van der Waals surface area contributed by atoms with Crippen LogP contribution in [0.5, 0.6) is 11.8 Å². The maximum absolute atomic E-state index is 13.0. The lowest BCUT2D eigenvalue weighted by Gasteiger charge is -2.19. The van der Waals surface area contributed by atoms with Crippen LogP contribution >= 0.6 is 0 Å². The summed E-state index contributed by atoms with van der Waals surface area (Å²) in [7, 11) is 0. The number of oxazole rings is 1. The van der Waals surface area contributed by atoms with Crippen molar-refractivity contribution in [3.8, 4) is 11.8 Å². The lowest BCUT2D eigenvalue weighted by atomic mass is 10.1. The van der Waals surface area contributed by atoms with Gasteiger partial charge in [0.2, 0.25) is 0 Å². The van der Waals surface area contributed by atoms with Gasteiger partial charge in [0.15, 0.2) is 0 Å². The lowest BCUT2D eigenvalue weighted by molar-refractivity contribution is 0.329. The van der Waals surface area contributed by atoms with Crippen molar-refractivity contribution in [1.82, 2.24) is 10.3 Å². The summed E-state index contributed by atoms with van der Waals surface area (Å²) in [6.07, 6.45) is 1.63. The third kappa shape index (κ3) is 4.37. The Kier molecular flexibility index (Phi) is 3.85. The molecular weight excluding hydrogens is 247 g/mol. The first-order valence-electron chi connectivity index (χ1n) is 6.05. The summed E-state index contributed by atoms with van der Waals surface area (Å²) in [6, 6.07) is 5.83. The molecule has 2 rings (SSSR count). The van der Waals surface area contributed by atoms with Crippen LogP contribution in [-0.2, 0) is 6.54 Å². The van der Waals surface area contributed by atoms with E-state index in [-0.39, 0.29) is 17.4 Å². The molecule has 0 aliphatic rings. The maximum atomic E-state index is 13.0.